The van der Waals surface area contributed by atoms with Gasteiger partial charge >= 0.3 is 0 Å². The van der Waals surface area contributed by atoms with Crippen LogP contribution in [0.25, 0.3) is 11.5 Å². The highest BCUT2D eigenvalue weighted by Crippen LogP contribution is 2.22. The van der Waals surface area contributed by atoms with Gasteiger partial charge in [0.2, 0.25) is 0 Å². The number of aromatic nitrogens is 2. The SMILES string of the molecule is CC(O)c1noc(-c2ccc(N(C)C)cc2)n1. The second-order valence-corrected chi connectivity index (χ2v) is 4.08. The molecule has 1 atom stereocenters. The molecule has 0 aliphatic heterocycles. The molecule has 2 aromatic rings. The minimum Gasteiger partial charge on any atom is -0.385 e. The van der Waals surface area contributed by atoms with Crippen molar-refractivity contribution in [3.8, 4) is 11.5 Å². The molecule has 5 nitrogen and oxygen atoms in total. The minimum absolute atomic E-state index is 0.302. The molecule has 2 rings (SSSR count). The molecule has 0 amide bonds. The molecule has 0 spiro atoms. The number of anilines is 1. The van der Waals surface area contributed by atoms with Crippen molar-refractivity contribution in [2.45, 2.75) is 13.0 Å². The molecule has 0 saturated heterocycles. The zero-order chi connectivity index (χ0) is 12.4. The Labute approximate surface area is 99.7 Å². The third-order valence-electron chi connectivity index (χ3n) is 2.45. The normalized spacial score (nSPS) is 12.5. The van der Waals surface area contributed by atoms with Crippen molar-refractivity contribution in [3.05, 3.63) is 30.1 Å². The Bertz CT molecular complexity index is 489. The molecule has 90 valence electrons. The molecule has 1 N–H and O–H groups in total. The number of hydrogen-bond acceptors (Lipinski definition) is 5. The van der Waals surface area contributed by atoms with E-state index in [0.29, 0.717) is 11.7 Å². The Morgan fingerprint density at radius 3 is 2.35 bits per heavy atom. The molecule has 0 fully saturated rings. The van der Waals surface area contributed by atoms with Crippen LogP contribution in [-0.2, 0) is 0 Å². The van der Waals surface area contributed by atoms with Crippen LogP contribution < -0.4 is 4.90 Å². The number of nitrogens with zero attached hydrogens (tertiary/aromatic N) is 3. The lowest BCUT2D eigenvalue weighted by Gasteiger charge is -2.11. The van der Waals surface area contributed by atoms with Crippen molar-refractivity contribution < 1.29 is 9.63 Å². The molecule has 0 saturated carbocycles. The minimum atomic E-state index is -0.714. The first-order valence-corrected chi connectivity index (χ1v) is 5.37. The van der Waals surface area contributed by atoms with Crippen LogP contribution in [0.15, 0.2) is 28.8 Å². The maximum atomic E-state index is 9.31. The molecule has 0 aliphatic rings. The first kappa shape index (κ1) is 11.6. The van der Waals surface area contributed by atoms with Crippen LogP contribution in [0.1, 0.15) is 18.9 Å². The molecule has 1 unspecified atom stereocenters. The molecule has 17 heavy (non-hydrogen) atoms. The predicted molar refractivity (Wildman–Crippen MR) is 64.7 cm³/mol. The third-order valence-corrected chi connectivity index (χ3v) is 2.45. The molecular weight excluding hydrogens is 218 g/mol. The maximum Gasteiger partial charge on any atom is 0.258 e. The molecule has 0 radical (unpaired) electrons. The molecule has 0 bridgehead atoms. The number of aliphatic hydroxyl groups excluding tert-OH is 1. The Balaban J connectivity index is 2.27. The van der Waals surface area contributed by atoms with E-state index in [-0.39, 0.29) is 0 Å². The van der Waals surface area contributed by atoms with Gasteiger partial charge in [-0.2, -0.15) is 4.98 Å². The second kappa shape index (κ2) is 4.55. The average Bonchev–Trinajstić information content (AvgIpc) is 2.78. The number of rotatable bonds is 3. The van der Waals surface area contributed by atoms with Crippen LogP contribution in [0.2, 0.25) is 0 Å². The number of benzene rings is 1. The molecular formula is C12H15N3O2. The fourth-order valence-electron chi connectivity index (χ4n) is 1.42. The number of aliphatic hydroxyl groups is 1. The Kier molecular flexibility index (Phi) is 3.10. The van der Waals surface area contributed by atoms with Gasteiger partial charge in [0.25, 0.3) is 5.89 Å². The van der Waals surface area contributed by atoms with E-state index in [0.717, 1.165) is 11.3 Å². The van der Waals surface area contributed by atoms with Crippen LogP contribution in [0, 0.1) is 0 Å². The summed E-state index contributed by atoms with van der Waals surface area (Å²) in [4.78, 5) is 6.13. The Morgan fingerprint density at radius 2 is 1.88 bits per heavy atom. The van der Waals surface area contributed by atoms with Crippen molar-refractivity contribution in [1.82, 2.24) is 10.1 Å². The standard InChI is InChI=1S/C12H15N3O2/c1-8(16)11-13-12(17-14-11)9-4-6-10(7-5-9)15(2)3/h4-8,16H,1-3H3. The molecule has 1 aromatic carbocycles. The highest BCUT2D eigenvalue weighted by Gasteiger charge is 2.12. The van der Waals surface area contributed by atoms with Crippen molar-refractivity contribution in [1.29, 1.82) is 0 Å². The van der Waals surface area contributed by atoms with E-state index in [1.54, 1.807) is 6.92 Å². The van der Waals surface area contributed by atoms with E-state index in [2.05, 4.69) is 10.1 Å². The van der Waals surface area contributed by atoms with Crippen LogP contribution in [0.5, 0.6) is 0 Å². The third kappa shape index (κ3) is 2.45. The summed E-state index contributed by atoms with van der Waals surface area (Å²) in [5, 5.41) is 13.0. The lowest BCUT2D eigenvalue weighted by Crippen LogP contribution is -2.07. The molecule has 1 aromatic heterocycles. The van der Waals surface area contributed by atoms with Gasteiger partial charge in [0.05, 0.1) is 0 Å². The fraction of sp³-hybridized carbons (Fsp3) is 0.333. The summed E-state index contributed by atoms with van der Waals surface area (Å²) in [5.74, 6) is 0.725. The van der Waals surface area contributed by atoms with Crippen LogP contribution >= 0.6 is 0 Å². The maximum absolute atomic E-state index is 9.31. The lowest BCUT2D eigenvalue weighted by atomic mass is 10.2. The van der Waals surface area contributed by atoms with Gasteiger partial charge in [0.15, 0.2) is 5.82 Å². The Morgan fingerprint density at radius 1 is 1.24 bits per heavy atom. The van der Waals surface area contributed by atoms with E-state index >= 15 is 0 Å². The first-order chi connectivity index (χ1) is 8.08. The summed E-state index contributed by atoms with van der Waals surface area (Å²) >= 11 is 0. The molecule has 5 heteroatoms. The van der Waals surface area contributed by atoms with Gasteiger partial charge in [-0.05, 0) is 31.2 Å². The lowest BCUT2D eigenvalue weighted by molar-refractivity contribution is 0.184. The van der Waals surface area contributed by atoms with E-state index in [9.17, 15) is 5.11 Å². The molecule has 0 aliphatic carbocycles. The second-order valence-electron chi connectivity index (χ2n) is 4.08. The monoisotopic (exact) mass is 233 g/mol. The highest BCUT2D eigenvalue weighted by molar-refractivity contribution is 5.58. The van der Waals surface area contributed by atoms with Gasteiger partial charge in [-0.15, -0.1) is 0 Å². The fourth-order valence-corrected chi connectivity index (χ4v) is 1.42. The smallest absolute Gasteiger partial charge is 0.258 e. The van der Waals surface area contributed by atoms with Crippen LogP contribution in [-0.4, -0.2) is 29.3 Å². The highest BCUT2D eigenvalue weighted by atomic mass is 16.5. The summed E-state index contributed by atoms with van der Waals surface area (Å²) in [6, 6.07) is 7.77. The van der Waals surface area contributed by atoms with Gasteiger partial charge in [-0.25, -0.2) is 0 Å². The molecule has 1 heterocycles. The van der Waals surface area contributed by atoms with Crippen molar-refractivity contribution >= 4 is 5.69 Å². The van der Waals surface area contributed by atoms with Crippen molar-refractivity contribution in [2.24, 2.45) is 0 Å². The van der Waals surface area contributed by atoms with Gasteiger partial charge < -0.3 is 14.5 Å². The summed E-state index contributed by atoms with van der Waals surface area (Å²) < 4.78 is 5.08. The summed E-state index contributed by atoms with van der Waals surface area (Å²) in [6.45, 7) is 1.60. The van der Waals surface area contributed by atoms with Crippen molar-refractivity contribution in [2.75, 3.05) is 19.0 Å². The van der Waals surface area contributed by atoms with E-state index < -0.39 is 6.10 Å². The van der Waals surface area contributed by atoms with Crippen molar-refractivity contribution in [3.63, 3.8) is 0 Å². The quantitative estimate of drug-likeness (QED) is 0.876. The van der Waals surface area contributed by atoms with Gasteiger partial charge in [0.1, 0.15) is 6.10 Å². The van der Waals surface area contributed by atoms with Gasteiger partial charge in [-0.3, -0.25) is 0 Å². The summed E-state index contributed by atoms with van der Waals surface area (Å²) in [7, 11) is 3.96. The van der Waals surface area contributed by atoms with Crippen LogP contribution in [0.3, 0.4) is 0 Å². The average molecular weight is 233 g/mol. The Hall–Kier alpha value is -1.88. The zero-order valence-corrected chi connectivity index (χ0v) is 10.1. The first-order valence-electron chi connectivity index (χ1n) is 5.37. The van der Waals surface area contributed by atoms with Gasteiger partial charge in [-0.1, -0.05) is 5.16 Å². The van der Waals surface area contributed by atoms with E-state index in [1.807, 2.05) is 43.3 Å². The van der Waals surface area contributed by atoms with E-state index in [4.69, 9.17) is 4.52 Å². The summed E-state index contributed by atoms with van der Waals surface area (Å²) in [6.07, 6.45) is -0.714. The topological polar surface area (TPSA) is 62.4 Å². The largest absolute Gasteiger partial charge is 0.385 e. The van der Waals surface area contributed by atoms with Gasteiger partial charge in [0, 0.05) is 25.3 Å². The van der Waals surface area contributed by atoms with E-state index in [1.165, 1.54) is 0 Å². The summed E-state index contributed by atoms with van der Waals surface area (Å²) in [5.41, 5.74) is 1.94. The predicted octanol–water partition coefficient (Wildman–Crippen LogP) is 1.86. The van der Waals surface area contributed by atoms with Crippen LogP contribution in [0.4, 0.5) is 5.69 Å². The number of hydrogen-bond donors (Lipinski definition) is 1. The zero-order valence-electron chi connectivity index (χ0n) is 10.1.